The number of nitrogens with one attached hydrogen (secondary N) is 1. The number of hydrogen-bond donors (Lipinski definition) is 1. The van der Waals surface area contributed by atoms with Crippen LogP contribution < -0.4 is 10.1 Å². The van der Waals surface area contributed by atoms with Gasteiger partial charge in [-0.3, -0.25) is 0 Å². The van der Waals surface area contributed by atoms with E-state index in [4.69, 9.17) is 4.74 Å². The summed E-state index contributed by atoms with van der Waals surface area (Å²) in [5.74, 6) is 2.92. The third-order valence-electron chi connectivity index (χ3n) is 4.29. The molecule has 2 aromatic rings. The number of fused-ring (bicyclic) bond motifs is 1. The summed E-state index contributed by atoms with van der Waals surface area (Å²) in [4.78, 5) is 6.57. The topological polar surface area (TPSA) is 55.2 Å². The Morgan fingerprint density at radius 1 is 1.29 bits per heavy atom. The molecule has 1 aliphatic rings. The Labute approximate surface area is 143 Å². The first kappa shape index (κ1) is 16.9. The fourth-order valence-corrected chi connectivity index (χ4v) is 2.91. The second-order valence-electron chi connectivity index (χ2n) is 6.67. The van der Waals surface area contributed by atoms with Gasteiger partial charge in [0.15, 0.2) is 0 Å². The molecule has 0 amide bonds. The summed E-state index contributed by atoms with van der Waals surface area (Å²) in [7, 11) is 4.10. The molecule has 1 atom stereocenters. The van der Waals surface area contributed by atoms with E-state index in [0.717, 1.165) is 49.9 Å². The highest BCUT2D eigenvalue weighted by atomic mass is 16.5. The highest BCUT2D eigenvalue weighted by molar-refractivity contribution is 5.27. The van der Waals surface area contributed by atoms with Crippen LogP contribution in [0.5, 0.6) is 5.75 Å². The SMILES string of the molecule is Cc1nc2n(n1)C[C@H](NCc1ccc(OCCN(C)C)cc1)CC2. The molecule has 1 N–H and O–H groups in total. The Balaban J connectivity index is 1.45. The minimum atomic E-state index is 0.453. The van der Waals surface area contributed by atoms with E-state index in [1.807, 2.05) is 37.8 Å². The maximum Gasteiger partial charge on any atom is 0.147 e. The number of nitrogens with zero attached hydrogens (tertiary/aromatic N) is 4. The van der Waals surface area contributed by atoms with Crippen LogP contribution in [0.2, 0.25) is 0 Å². The van der Waals surface area contributed by atoms with Crippen molar-refractivity contribution in [2.75, 3.05) is 27.2 Å². The molecule has 6 heteroatoms. The molecule has 0 unspecified atom stereocenters. The molecule has 130 valence electrons. The maximum absolute atomic E-state index is 5.73. The molecule has 0 fully saturated rings. The number of aryl methyl sites for hydroxylation is 2. The first-order chi connectivity index (χ1) is 11.6. The molecule has 0 aliphatic carbocycles. The van der Waals surface area contributed by atoms with E-state index in [9.17, 15) is 0 Å². The van der Waals surface area contributed by atoms with Crippen LogP contribution in [-0.2, 0) is 19.5 Å². The zero-order chi connectivity index (χ0) is 16.9. The number of rotatable bonds is 7. The molecule has 24 heavy (non-hydrogen) atoms. The molecule has 1 aliphatic heterocycles. The maximum atomic E-state index is 5.73. The first-order valence-corrected chi connectivity index (χ1v) is 8.60. The van der Waals surface area contributed by atoms with Crippen LogP contribution in [0.3, 0.4) is 0 Å². The number of aromatic nitrogens is 3. The van der Waals surface area contributed by atoms with E-state index in [2.05, 4.69) is 32.4 Å². The summed E-state index contributed by atoms with van der Waals surface area (Å²) in [5.41, 5.74) is 1.27. The Morgan fingerprint density at radius 3 is 2.83 bits per heavy atom. The molecule has 1 aromatic carbocycles. The zero-order valence-corrected chi connectivity index (χ0v) is 14.8. The summed E-state index contributed by atoms with van der Waals surface area (Å²) in [6.07, 6.45) is 2.11. The Bertz CT molecular complexity index is 650. The zero-order valence-electron chi connectivity index (χ0n) is 14.8. The van der Waals surface area contributed by atoms with E-state index in [1.165, 1.54) is 5.56 Å². The fraction of sp³-hybridized carbons (Fsp3) is 0.556. The quantitative estimate of drug-likeness (QED) is 0.837. The molecule has 0 bridgehead atoms. The van der Waals surface area contributed by atoms with E-state index in [0.29, 0.717) is 12.6 Å². The minimum Gasteiger partial charge on any atom is -0.492 e. The van der Waals surface area contributed by atoms with Crippen LogP contribution in [0.25, 0.3) is 0 Å². The van der Waals surface area contributed by atoms with Crippen molar-refractivity contribution in [1.29, 1.82) is 0 Å². The van der Waals surface area contributed by atoms with Crippen molar-refractivity contribution in [2.45, 2.75) is 38.9 Å². The van der Waals surface area contributed by atoms with Crippen molar-refractivity contribution in [3.05, 3.63) is 41.5 Å². The predicted octanol–water partition coefficient (Wildman–Crippen LogP) is 1.63. The summed E-state index contributed by atoms with van der Waals surface area (Å²) in [6, 6.07) is 8.81. The molecule has 0 saturated heterocycles. The fourth-order valence-electron chi connectivity index (χ4n) is 2.91. The Kier molecular flexibility index (Phi) is 5.48. The highest BCUT2D eigenvalue weighted by Gasteiger charge is 2.20. The summed E-state index contributed by atoms with van der Waals surface area (Å²) in [6.45, 7) is 5.37. The molecule has 1 aromatic heterocycles. The molecule has 3 rings (SSSR count). The van der Waals surface area contributed by atoms with Gasteiger partial charge >= 0.3 is 0 Å². The van der Waals surface area contributed by atoms with Gasteiger partial charge in [0.25, 0.3) is 0 Å². The largest absolute Gasteiger partial charge is 0.492 e. The van der Waals surface area contributed by atoms with Crippen molar-refractivity contribution in [2.24, 2.45) is 0 Å². The lowest BCUT2D eigenvalue weighted by atomic mass is 10.1. The smallest absolute Gasteiger partial charge is 0.147 e. The van der Waals surface area contributed by atoms with Gasteiger partial charge in [0.1, 0.15) is 24.0 Å². The normalized spacial score (nSPS) is 17.1. The molecule has 2 heterocycles. The molecular formula is C18H27N5O. The lowest BCUT2D eigenvalue weighted by molar-refractivity contribution is 0.261. The number of likely N-dealkylation sites (N-methyl/N-ethyl adjacent to an activating group) is 1. The van der Waals surface area contributed by atoms with E-state index >= 15 is 0 Å². The molecule has 0 radical (unpaired) electrons. The standard InChI is InChI=1S/C18H27N5O/c1-14-20-18-9-6-16(13-23(18)21-14)19-12-15-4-7-17(8-5-15)24-11-10-22(2)3/h4-5,7-8,16,19H,6,9-13H2,1-3H3/t16-/m1/s1. The highest BCUT2D eigenvalue weighted by Crippen LogP contribution is 2.15. The lowest BCUT2D eigenvalue weighted by Gasteiger charge is -2.23. The van der Waals surface area contributed by atoms with Gasteiger partial charge in [0.2, 0.25) is 0 Å². The van der Waals surface area contributed by atoms with Crippen molar-refractivity contribution in [3.63, 3.8) is 0 Å². The summed E-state index contributed by atoms with van der Waals surface area (Å²) < 4.78 is 7.77. The van der Waals surface area contributed by atoms with Gasteiger partial charge in [-0.15, -0.1) is 0 Å². The van der Waals surface area contributed by atoms with E-state index in [-0.39, 0.29) is 0 Å². The van der Waals surface area contributed by atoms with Crippen LogP contribution in [-0.4, -0.2) is 53.0 Å². The van der Waals surface area contributed by atoms with Crippen molar-refractivity contribution >= 4 is 0 Å². The minimum absolute atomic E-state index is 0.453. The van der Waals surface area contributed by atoms with Crippen LogP contribution in [0.4, 0.5) is 0 Å². The number of hydrogen-bond acceptors (Lipinski definition) is 5. The number of benzene rings is 1. The van der Waals surface area contributed by atoms with Gasteiger partial charge < -0.3 is 15.0 Å². The summed E-state index contributed by atoms with van der Waals surface area (Å²) in [5, 5.41) is 8.08. The third-order valence-corrected chi connectivity index (χ3v) is 4.29. The lowest BCUT2D eigenvalue weighted by Crippen LogP contribution is -2.37. The predicted molar refractivity (Wildman–Crippen MR) is 94.2 cm³/mol. The third kappa shape index (κ3) is 4.55. The average molecular weight is 329 g/mol. The van der Waals surface area contributed by atoms with Crippen LogP contribution in [0, 0.1) is 6.92 Å². The monoisotopic (exact) mass is 329 g/mol. The van der Waals surface area contributed by atoms with Crippen molar-refractivity contribution < 1.29 is 4.74 Å². The number of ether oxygens (including phenoxy) is 1. The Hall–Kier alpha value is -1.92. The van der Waals surface area contributed by atoms with Gasteiger partial charge in [0, 0.05) is 25.6 Å². The van der Waals surface area contributed by atoms with Crippen LogP contribution >= 0.6 is 0 Å². The summed E-state index contributed by atoms with van der Waals surface area (Å²) >= 11 is 0. The first-order valence-electron chi connectivity index (χ1n) is 8.60. The molecular weight excluding hydrogens is 302 g/mol. The average Bonchev–Trinajstić information content (AvgIpc) is 2.93. The molecule has 0 spiro atoms. The van der Waals surface area contributed by atoms with Gasteiger partial charge in [-0.05, 0) is 45.1 Å². The van der Waals surface area contributed by atoms with E-state index in [1.54, 1.807) is 0 Å². The molecule has 0 saturated carbocycles. The van der Waals surface area contributed by atoms with Crippen molar-refractivity contribution in [3.8, 4) is 5.75 Å². The van der Waals surface area contributed by atoms with E-state index < -0.39 is 0 Å². The second kappa shape index (κ2) is 7.77. The van der Waals surface area contributed by atoms with Crippen LogP contribution in [0.1, 0.15) is 23.6 Å². The molecule has 6 nitrogen and oxygen atoms in total. The van der Waals surface area contributed by atoms with Gasteiger partial charge in [-0.1, -0.05) is 12.1 Å². The Morgan fingerprint density at radius 2 is 2.08 bits per heavy atom. The van der Waals surface area contributed by atoms with Gasteiger partial charge in [-0.25, -0.2) is 9.67 Å². The van der Waals surface area contributed by atoms with Crippen LogP contribution in [0.15, 0.2) is 24.3 Å². The van der Waals surface area contributed by atoms with Gasteiger partial charge in [-0.2, -0.15) is 5.10 Å². The van der Waals surface area contributed by atoms with Crippen molar-refractivity contribution in [1.82, 2.24) is 25.0 Å². The second-order valence-corrected chi connectivity index (χ2v) is 6.67. The van der Waals surface area contributed by atoms with Gasteiger partial charge in [0.05, 0.1) is 6.54 Å².